The number of aromatic carboxylic acids is 1. The van der Waals surface area contributed by atoms with E-state index < -0.39 is 5.97 Å². The highest BCUT2D eigenvalue weighted by Gasteiger charge is 2.59. The summed E-state index contributed by atoms with van der Waals surface area (Å²) in [5.74, 6) is 12.7. The number of carbonyl (C=O) groups excluding carboxylic acids is 1. The minimum absolute atomic E-state index is 0.0886. The Bertz CT molecular complexity index is 2860. The number of likely N-dealkylation sites (N-methyl/N-ethyl adjacent to an activating group) is 1. The summed E-state index contributed by atoms with van der Waals surface area (Å²) in [5, 5.41) is 14.6. The lowest BCUT2D eigenvalue weighted by atomic mass is 9.43. The molecular formula is C78H115N5O5. The maximum atomic E-state index is 12.1. The summed E-state index contributed by atoms with van der Waals surface area (Å²) in [4.78, 5) is 25.5. The van der Waals surface area contributed by atoms with E-state index in [1.807, 2.05) is 26.2 Å². The van der Waals surface area contributed by atoms with Crippen LogP contribution in [-0.4, -0.2) is 85.5 Å². The molecule has 0 saturated heterocycles. The molecule has 1 amide bonds. The Morgan fingerprint density at radius 3 is 1.43 bits per heavy atom. The summed E-state index contributed by atoms with van der Waals surface area (Å²) < 4.78 is 11.3. The van der Waals surface area contributed by atoms with E-state index in [2.05, 4.69) is 61.3 Å². The number of fused-ring (bicyclic) bond motifs is 1. The molecule has 3 unspecified atom stereocenters. The number of carbonyl (C=O) groups is 2. The zero-order valence-electron chi connectivity index (χ0n) is 55.4. The van der Waals surface area contributed by atoms with Crippen molar-refractivity contribution in [2.24, 2.45) is 110 Å². The number of amides is 1. The molecule has 0 radical (unpaired) electrons. The number of hydrogen-bond donors (Lipinski definition) is 5. The lowest BCUT2D eigenvalue weighted by Gasteiger charge is -2.64. The van der Waals surface area contributed by atoms with E-state index in [0.29, 0.717) is 40.0 Å². The van der Waals surface area contributed by atoms with Crippen molar-refractivity contribution < 1.29 is 24.2 Å². The van der Waals surface area contributed by atoms with Crippen LogP contribution in [-0.2, 0) is 14.9 Å². The number of carboxylic acids is 1. The fourth-order valence-electron chi connectivity index (χ4n) is 26.8. The van der Waals surface area contributed by atoms with Gasteiger partial charge < -0.3 is 42.0 Å². The largest absolute Gasteiger partial charge is 0.496 e. The van der Waals surface area contributed by atoms with E-state index >= 15 is 0 Å². The van der Waals surface area contributed by atoms with Crippen molar-refractivity contribution in [2.45, 2.75) is 241 Å². The molecule has 20 saturated carbocycles. The van der Waals surface area contributed by atoms with Crippen LogP contribution in [0.25, 0.3) is 21.9 Å². The zero-order valence-corrected chi connectivity index (χ0v) is 55.4. The lowest BCUT2D eigenvalue weighted by molar-refractivity contribution is -0.131. The Balaban J connectivity index is 0.000000103. The second-order valence-corrected chi connectivity index (χ2v) is 36.1. The third-order valence-electron chi connectivity index (χ3n) is 27.4. The van der Waals surface area contributed by atoms with Crippen molar-refractivity contribution >= 4 is 22.6 Å². The molecule has 88 heavy (non-hydrogen) atoms. The van der Waals surface area contributed by atoms with Crippen LogP contribution in [0.2, 0.25) is 0 Å². The van der Waals surface area contributed by atoms with Crippen LogP contribution in [0.3, 0.4) is 0 Å². The van der Waals surface area contributed by atoms with Gasteiger partial charge in [-0.05, 0) is 364 Å². The van der Waals surface area contributed by atoms with Crippen LogP contribution in [0.1, 0.15) is 229 Å². The first kappa shape index (κ1) is 61.9. The highest BCUT2D eigenvalue weighted by Crippen LogP contribution is 2.67. The smallest absolute Gasteiger partial charge is 0.335 e. The lowest BCUT2D eigenvalue weighted by Crippen LogP contribution is -2.62. The standard InChI is InChI=1S/C28H28O3.C16H28N2O2.2C12H21N.C10H17N/c1-31-26-7-6-23(21-2-3-22-12-24(27(29)30)5-4-20(22)11-21)13-25(26)28-14-17-8-18(15-28)10-19(9-17)16-28;1-18(2)3-4-20-11-15(19)17-16-8-12-5-13(9-16)7-14(6-12)10-16;1-10-3-9-4-11(2,6-10)8-12(13,5-9)7-10;1-8(13)12-5-9-2-10(6-12)4-11(3-9)7-12;11-10-4-7-1-8(5-10)3-9(2-7)6-10/h2-7,11-13,17-19H,8-10,14-16H2,1H3,(H,29,30);12-14H,3-11H2,1-2H3,(H,17,19);9H,3-8,13H2,1-2H3;8-11H,2-7,13H2,1H3;7-9H,1-6,11H2. The van der Waals surface area contributed by atoms with Gasteiger partial charge in [0.15, 0.2) is 0 Å². The number of hydrogen-bond acceptors (Lipinski definition) is 8. The second kappa shape index (κ2) is 23.5. The number of nitrogens with zero attached hydrogens (tertiary/aromatic N) is 1. The first-order valence-electron chi connectivity index (χ1n) is 36.2. The maximum absolute atomic E-state index is 12.1. The molecule has 0 aliphatic heterocycles. The summed E-state index contributed by atoms with van der Waals surface area (Å²) in [5.41, 5.74) is 25.8. The average Bonchev–Trinajstić information content (AvgIpc) is 0.824. The number of methoxy groups -OCH3 is 1. The molecule has 10 heteroatoms. The fraction of sp³-hybridized carbons (Fsp3) is 0.769. The van der Waals surface area contributed by atoms with Crippen LogP contribution < -0.4 is 27.3 Å². The van der Waals surface area contributed by atoms with Crippen LogP contribution in [0.5, 0.6) is 5.75 Å². The molecule has 3 atom stereocenters. The minimum Gasteiger partial charge on any atom is -0.496 e. The summed E-state index contributed by atoms with van der Waals surface area (Å²) in [6.07, 6.45) is 41.9. The fourth-order valence-corrected chi connectivity index (χ4v) is 26.8. The number of ether oxygens (including phenoxy) is 2. The number of nitrogens with two attached hydrogens (primary N) is 3. The Morgan fingerprint density at radius 1 is 0.557 bits per heavy atom. The Hall–Kier alpha value is -3.54. The molecular weight excluding hydrogens is 1090 g/mol. The number of rotatable bonds is 11. The monoisotopic (exact) mass is 1200 g/mol. The molecule has 20 bridgehead atoms. The molecule has 23 rings (SSSR count). The summed E-state index contributed by atoms with van der Waals surface area (Å²) in [7, 11) is 5.83. The van der Waals surface area contributed by atoms with E-state index in [1.165, 1.54) is 209 Å². The molecule has 482 valence electrons. The van der Waals surface area contributed by atoms with Crippen molar-refractivity contribution in [2.75, 3.05) is 41.0 Å². The van der Waals surface area contributed by atoms with Crippen molar-refractivity contribution in [1.82, 2.24) is 10.2 Å². The molecule has 20 aliphatic carbocycles. The van der Waals surface area contributed by atoms with Gasteiger partial charge in [0.25, 0.3) is 0 Å². The van der Waals surface area contributed by atoms with E-state index in [-0.39, 0.29) is 29.0 Å². The molecule has 10 nitrogen and oxygen atoms in total. The van der Waals surface area contributed by atoms with Crippen molar-refractivity contribution in [1.29, 1.82) is 0 Å². The van der Waals surface area contributed by atoms with Gasteiger partial charge in [0.1, 0.15) is 12.4 Å². The van der Waals surface area contributed by atoms with E-state index in [1.54, 1.807) is 19.2 Å². The Kier molecular flexibility index (Phi) is 16.5. The van der Waals surface area contributed by atoms with Gasteiger partial charge >= 0.3 is 5.97 Å². The van der Waals surface area contributed by atoms with Gasteiger partial charge in [-0.25, -0.2) is 4.79 Å². The predicted octanol–water partition coefficient (Wildman–Crippen LogP) is 15.5. The minimum atomic E-state index is -0.888. The summed E-state index contributed by atoms with van der Waals surface area (Å²) >= 11 is 0. The third-order valence-corrected chi connectivity index (χ3v) is 27.4. The topological polar surface area (TPSA) is 166 Å². The van der Waals surface area contributed by atoms with Gasteiger partial charge in [0.05, 0.1) is 19.3 Å². The quantitative estimate of drug-likeness (QED) is 0.117. The van der Waals surface area contributed by atoms with E-state index in [4.69, 9.17) is 26.7 Å². The summed E-state index contributed by atoms with van der Waals surface area (Å²) in [6, 6.07) is 18.8. The average molecular weight is 1200 g/mol. The summed E-state index contributed by atoms with van der Waals surface area (Å²) in [6.45, 7) is 8.89. The molecule has 8 N–H and O–H groups in total. The van der Waals surface area contributed by atoms with Crippen LogP contribution in [0.4, 0.5) is 0 Å². The molecule has 20 aliphatic rings. The molecule has 0 aromatic heterocycles. The highest BCUT2D eigenvalue weighted by atomic mass is 16.5. The normalized spacial score (nSPS) is 44.1. The number of nitrogens with one attached hydrogen (secondary N) is 1. The van der Waals surface area contributed by atoms with Crippen molar-refractivity contribution in [3.8, 4) is 16.9 Å². The first-order valence-corrected chi connectivity index (χ1v) is 36.2. The van der Waals surface area contributed by atoms with Gasteiger partial charge in [-0.1, -0.05) is 38.1 Å². The van der Waals surface area contributed by atoms with Crippen molar-refractivity contribution in [3.05, 3.63) is 65.7 Å². The van der Waals surface area contributed by atoms with Crippen molar-refractivity contribution in [3.63, 3.8) is 0 Å². The SMILES string of the molecule is CC(N)C12CC3CC(CC(C3)C1)C2.CC12CC3CC(C)(C1)CC(N)(C3)C2.CN(C)CCOCC(=O)NC12CC3CC(CC(C3)C1)C2.COc1ccc(-c2ccc3cc(C(=O)O)ccc3c2)cc1C12CC3CC(CC(C3)C1)C2.NC12CC3CC(CC(C3)C1)C2. The Morgan fingerprint density at radius 2 is 0.989 bits per heavy atom. The predicted molar refractivity (Wildman–Crippen MR) is 355 cm³/mol. The molecule has 3 aromatic carbocycles. The van der Waals surface area contributed by atoms with Gasteiger partial charge in [-0.3, -0.25) is 4.79 Å². The zero-order chi connectivity index (χ0) is 61.2. The Labute approximate surface area is 529 Å². The van der Waals surface area contributed by atoms with Gasteiger partial charge in [-0.15, -0.1) is 0 Å². The molecule has 20 fully saturated rings. The molecule has 0 heterocycles. The van der Waals surface area contributed by atoms with Crippen LogP contribution >= 0.6 is 0 Å². The van der Waals surface area contributed by atoms with Gasteiger partial charge in [0, 0.05) is 34.8 Å². The molecule has 3 aromatic rings. The number of benzene rings is 3. The van der Waals surface area contributed by atoms with Crippen LogP contribution in [0, 0.1) is 93.2 Å². The maximum Gasteiger partial charge on any atom is 0.335 e. The second-order valence-electron chi connectivity index (χ2n) is 36.1. The van der Waals surface area contributed by atoms with Gasteiger partial charge in [0.2, 0.25) is 5.91 Å². The van der Waals surface area contributed by atoms with E-state index in [0.717, 1.165) is 100.0 Å². The first-order chi connectivity index (χ1) is 41.9. The number of carboxylic acid groups (broad SMARTS) is 1. The van der Waals surface area contributed by atoms with E-state index in [9.17, 15) is 14.7 Å². The molecule has 0 spiro atoms. The van der Waals surface area contributed by atoms with Gasteiger partial charge in [-0.2, -0.15) is 0 Å². The van der Waals surface area contributed by atoms with Crippen LogP contribution in [0.15, 0.2) is 54.6 Å². The third kappa shape index (κ3) is 12.8. The highest BCUT2D eigenvalue weighted by molar-refractivity contribution is 5.95.